The van der Waals surface area contributed by atoms with Gasteiger partial charge in [-0.3, -0.25) is 9.59 Å². The van der Waals surface area contributed by atoms with Gasteiger partial charge in [-0.15, -0.1) is 0 Å². The van der Waals surface area contributed by atoms with E-state index in [0.717, 1.165) is 55.3 Å². The second kappa shape index (κ2) is 7.75. The van der Waals surface area contributed by atoms with E-state index >= 15 is 0 Å². The SMILES string of the molecule is Cc1ccc2oc(C(=O)N3CCC(C(=O)N4CCCCCC4)CC3)cc2c1. The third-order valence-corrected chi connectivity index (χ3v) is 5.93. The highest BCUT2D eigenvalue weighted by atomic mass is 16.3. The number of aryl methyl sites for hydroxylation is 1. The van der Waals surface area contributed by atoms with E-state index in [4.69, 9.17) is 4.42 Å². The molecule has 0 radical (unpaired) electrons. The van der Waals surface area contributed by atoms with Crippen LogP contribution in [0.25, 0.3) is 11.0 Å². The molecule has 0 N–H and O–H groups in total. The Morgan fingerprint density at radius 3 is 2.33 bits per heavy atom. The molecule has 27 heavy (non-hydrogen) atoms. The van der Waals surface area contributed by atoms with Crippen molar-refractivity contribution < 1.29 is 14.0 Å². The fourth-order valence-corrected chi connectivity index (χ4v) is 4.30. The molecule has 2 aromatic rings. The van der Waals surface area contributed by atoms with Crippen LogP contribution in [0.15, 0.2) is 28.7 Å². The monoisotopic (exact) mass is 368 g/mol. The Hall–Kier alpha value is -2.30. The summed E-state index contributed by atoms with van der Waals surface area (Å²) in [4.78, 5) is 29.5. The number of carbonyl (C=O) groups is 2. The van der Waals surface area contributed by atoms with Crippen LogP contribution in [-0.2, 0) is 4.79 Å². The summed E-state index contributed by atoms with van der Waals surface area (Å²) in [7, 11) is 0. The van der Waals surface area contributed by atoms with Gasteiger partial charge in [-0.25, -0.2) is 0 Å². The first-order valence-corrected chi connectivity index (χ1v) is 10.2. The van der Waals surface area contributed by atoms with E-state index in [1.54, 1.807) is 0 Å². The molecule has 4 rings (SSSR count). The smallest absolute Gasteiger partial charge is 0.289 e. The predicted octanol–water partition coefficient (Wildman–Crippen LogP) is 4.00. The number of rotatable bonds is 2. The van der Waals surface area contributed by atoms with Gasteiger partial charge in [-0.05, 0) is 50.8 Å². The molecule has 3 heterocycles. The summed E-state index contributed by atoms with van der Waals surface area (Å²) in [5, 5.41) is 0.963. The molecule has 0 aliphatic carbocycles. The molecule has 2 aliphatic rings. The van der Waals surface area contributed by atoms with Crippen LogP contribution in [-0.4, -0.2) is 47.8 Å². The minimum Gasteiger partial charge on any atom is -0.451 e. The number of hydrogen-bond acceptors (Lipinski definition) is 3. The van der Waals surface area contributed by atoms with Gasteiger partial charge in [0, 0.05) is 37.5 Å². The Bertz CT molecular complexity index is 825. The van der Waals surface area contributed by atoms with Crippen LogP contribution >= 0.6 is 0 Å². The van der Waals surface area contributed by atoms with Crippen molar-refractivity contribution in [2.24, 2.45) is 5.92 Å². The van der Waals surface area contributed by atoms with Crippen LogP contribution in [0.1, 0.15) is 54.6 Å². The van der Waals surface area contributed by atoms with Gasteiger partial charge in [0.15, 0.2) is 5.76 Å². The number of fused-ring (bicyclic) bond motifs is 1. The van der Waals surface area contributed by atoms with Crippen LogP contribution in [0.2, 0.25) is 0 Å². The number of likely N-dealkylation sites (tertiary alicyclic amines) is 2. The highest BCUT2D eigenvalue weighted by Gasteiger charge is 2.31. The van der Waals surface area contributed by atoms with Crippen LogP contribution in [0.5, 0.6) is 0 Å². The van der Waals surface area contributed by atoms with E-state index in [2.05, 4.69) is 4.90 Å². The van der Waals surface area contributed by atoms with Crippen molar-refractivity contribution >= 4 is 22.8 Å². The molecule has 144 valence electrons. The minimum atomic E-state index is -0.0653. The van der Waals surface area contributed by atoms with Gasteiger partial charge < -0.3 is 14.2 Å². The lowest BCUT2D eigenvalue weighted by atomic mass is 9.95. The molecule has 0 spiro atoms. The molecular weight excluding hydrogens is 340 g/mol. The van der Waals surface area contributed by atoms with Crippen molar-refractivity contribution in [3.8, 4) is 0 Å². The Morgan fingerprint density at radius 1 is 0.926 bits per heavy atom. The van der Waals surface area contributed by atoms with E-state index in [0.29, 0.717) is 24.8 Å². The summed E-state index contributed by atoms with van der Waals surface area (Å²) in [5.41, 5.74) is 1.89. The molecule has 0 saturated carbocycles. The number of nitrogens with zero attached hydrogens (tertiary/aromatic N) is 2. The standard InChI is InChI=1S/C22H28N2O3/c1-16-6-7-19-18(14-16)15-20(27-19)22(26)24-12-8-17(9-13-24)21(25)23-10-4-2-3-5-11-23/h6-7,14-15,17H,2-5,8-13H2,1H3. The summed E-state index contributed by atoms with van der Waals surface area (Å²) >= 11 is 0. The maximum absolute atomic E-state index is 12.8. The number of furan rings is 1. The van der Waals surface area contributed by atoms with Crippen molar-refractivity contribution in [2.45, 2.75) is 45.4 Å². The zero-order valence-corrected chi connectivity index (χ0v) is 16.1. The number of amides is 2. The number of hydrogen-bond donors (Lipinski definition) is 0. The van der Waals surface area contributed by atoms with E-state index in [1.165, 1.54) is 12.8 Å². The van der Waals surface area contributed by atoms with Crippen LogP contribution < -0.4 is 0 Å². The molecule has 2 saturated heterocycles. The highest BCUT2D eigenvalue weighted by molar-refractivity contribution is 5.96. The molecule has 0 bridgehead atoms. The summed E-state index contributed by atoms with van der Waals surface area (Å²) in [5.74, 6) is 0.686. The zero-order valence-electron chi connectivity index (χ0n) is 16.1. The molecule has 5 nitrogen and oxygen atoms in total. The molecule has 0 unspecified atom stereocenters. The normalized spacial score (nSPS) is 19.3. The quantitative estimate of drug-likeness (QED) is 0.805. The fraction of sp³-hybridized carbons (Fsp3) is 0.545. The van der Waals surface area contributed by atoms with Crippen molar-refractivity contribution in [3.63, 3.8) is 0 Å². The van der Waals surface area contributed by atoms with Crippen molar-refractivity contribution in [1.29, 1.82) is 0 Å². The van der Waals surface area contributed by atoms with Gasteiger partial charge in [0.25, 0.3) is 5.91 Å². The second-order valence-corrected chi connectivity index (χ2v) is 7.96. The number of carbonyl (C=O) groups excluding carboxylic acids is 2. The summed E-state index contributed by atoms with van der Waals surface area (Å²) < 4.78 is 5.76. The van der Waals surface area contributed by atoms with E-state index in [9.17, 15) is 9.59 Å². The fourth-order valence-electron chi connectivity index (χ4n) is 4.30. The summed E-state index contributed by atoms with van der Waals surface area (Å²) in [6, 6.07) is 7.76. The molecule has 5 heteroatoms. The average Bonchev–Trinajstić information content (AvgIpc) is 2.92. The van der Waals surface area contributed by atoms with Gasteiger partial charge in [-0.2, -0.15) is 0 Å². The maximum Gasteiger partial charge on any atom is 0.289 e. The first-order chi connectivity index (χ1) is 13.1. The Balaban J connectivity index is 1.37. The summed E-state index contributed by atoms with van der Waals surface area (Å²) in [6.07, 6.45) is 6.20. The highest BCUT2D eigenvalue weighted by Crippen LogP contribution is 2.25. The van der Waals surface area contributed by atoms with E-state index in [1.807, 2.05) is 36.1 Å². The Kier molecular flexibility index (Phi) is 5.19. The Labute approximate surface area is 160 Å². The van der Waals surface area contributed by atoms with E-state index in [-0.39, 0.29) is 11.8 Å². The molecule has 2 fully saturated rings. The molecule has 1 aromatic carbocycles. The number of benzene rings is 1. The summed E-state index contributed by atoms with van der Waals surface area (Å²) in [6.45, 7) is 5.07. The van der Waals surface area contributed by atoms with Crippen molar-refractivity contribution in [2.75, 3.05) is 26.2 Å². The molecule has 2 amide bonds. The van der Waals surface area contributed by atoms with Crippen LogP contribution in [0, 0.1) is 12.8 Å². The van der Waals surface area contributed by atoms with E-state index < -0.39 is 0 Å². The van der Waals surface area contributed by atoms with Gasteiger partial charge >= 0.3 is 0 Å². The predicted molar refractivity (Wildman–Crippen MR) is 105 cm³/mol. The largest absolute Gasteiger partial charge is 0.451 e. The minimum absolute atomic E-state index is 0.0606. The molecule has 0 atom stereocenters. The van der Waals surface area contributed by atoms with Crippen LogP contribution in [0.3, 0.4) is 0 Å². The van der Waals surface area contributed by atoms with Gasteiger partial charge in [0.2, 0.25) is 5.91 Å². The van der Waals surface area contributed by atoms with Gasteiger partial charge in [-0.1, -0.05) is 24.5 Å². The number of piperidine rings is 1. The van der Waals surface area contributed by atoms with Crippen LogP contribution in [0.4, 0.5) is 0 Å². The zero-order chi connectivity index (χ0) is 18.8. The third kappa shape index (κ3) is 3.87. The topological polar surface area (TPSA) is 53.8 Å². The lowest BCUT2D eigenvalue weighted by Crippen LogP contribution is -2.44. The van der Waals surface area contributed by atoms with Crippen molar-refractivity contribution in [3.05, 3.63) is 35.6 Å². The second-order valence-electron chi connectivity index (χ2n) is 7.96. The average molecular weight is 368 g/mol. The molecule has 1 aromatic heterocycles. The third-order valence-electron chi connectivity index (χ3n) is 5.93. The molecular formula is C22H28N2O3. The Morgan fingerprint density at radius 2 is 1.63 bits per heavy atom. The first-order valence-electron chi connectivity index (χ1n) is 10.2. The maximum atomic E-state index is 12.8. The lowest BCUT2D eigenvalue weighted by molar-refractivity contribution is -0.136. The molecule has 2 aliphatic heterocycles. The first kappa shape index (κ1) is 18.1. The van der Waals surface area contributed by atoms with Crippen molar-refractivity contribution in [1.82, 2.24) is 9.80 Å². The van der Waals surface area contributed by atoms with Gasteiger partial charge in [0.05, 0.1) is 0 Å². The lowest BCUT2D eigenvalue weighted by Gasteiger charge is -2.33. The van der Waals surface area contributed by atoms with Gasteiger partial charge in [0.1, 0.15) is 5.58 Å².